The third-order valence-electron chi connectivity index (χ3n) is 5.23. The van der Waals surface area contributed by atoms with Crippen LogP contribution in [0.4, 0.5) is 0 Å². The molecule has 0 fully saturated rings. The molecule has 3 heteroatoms. The van der Waals surface area contributed by atoms with Crippen LogP contribution in [0.1, 0.15) is 16.7 Å². The highest BCUT2D eigenvalue weighted by Crippen LogP contribution is 2.52. The van der Waals surface area contributed by atoms with Gasteiger partial charge in [0.1, 0.15) is 17.1 Å². The molecule has 1 N–H and O–H groups in total. The third-order valence-corrected chi connectivity index (χ3v) is 5.73. The van der Waals surface area contributed by atoms with Crippen LogP contribution in [0, 0.1) is 0 Å². The Bertz CT molecular complexity index is 1170. The summed E-state index contributed by atoms with van der Waals surface area (Å²) in [5.41, 5.74) is 3.05. The van der Waals surface area contributed by atoms with Crippen LogP contribution in [0.3, 0.4) is 0 Å². The zero-order valence-electron chi connectivity index (χ0n) is 15.0. The Kier molecular flexibility index (Phi) is 4.08. The molecule has 0 amide bonds. The van der Waals surface area contributed by atoms with Gasteiger partial charge in [0.25, 0.3) is 0 Å². The summed E-state index contributed by atoms with van der Waals surface area (Å²) in [6.07, 6.45) is 0. The fourth-order valence-electron chi connectivity index (χ4n) is 3.96. The van der Waals surface area contributed by atoms with Crippen molar-refractivity contribution >= 4 is 15.9 Å². The summed E-state index contributed by atoms with van der Waals surface area (Å²) in [5.74, 6) is 1.32. The van der Waals surface area contributed by atoms with Crippen LogP contribution < -0.4 is 4.74 Å². The van der Waals surface area contributed by atoms with Gasteiger partial charge in [-0.05, 0) is 29.3 Å². The van der Waals surface area contributed by atoms with E-state index in [1.807, 2.05) is 78.9 Å². The SMILES string of the molecule is OC1(c2ccccc2-c2ccccc2)c2ccccc2Oc2cc(Br)ccc21. The molecule has 0 spiro atoms. The van der Waals surface area contributed by atoms with Crippen LogP contribution in [0.15, 0.2) is 102 Å². The molecular formula is C25H17BrO2. The third kappa shape index (κ3) is 2.59. The molecule has 1 unspecified atom stereocenters. The molecule has 0 saturated carbocycles. The summed E-state index contributed by atoms with van der Waals surface area (Å²) in [4.78, 5) is 0. The number of fused-ring (bicyclic) bond motifs is 2. The first-order chi connectivity index (χ1) is 13.7. The first kappa shape index (κ1) is 17.2. The van der Waals surface area contributed by atoms with Gasteiger partial charge in [-0.25, -0.2) is 0 Å². The quantitative estimate of drug-likeness (QED) is 0.394. The molecule has 1 heterocycles. The summed E-state index contributed by atoms with van der Waals surface area (Å²) in [7, 11) is 0. The molecule has 4 aromatic carbocycles. The summed E-state index contributed by atoms with van der Waals surface area (Å²) < 4.78 is 7.04. The maximum absolute atomic E-state index is 12.3. The molecule has 0 radical (unpaired) electrons. The molecule has 2 nitrogen and oxygen atoms in total. The minimum atomic E-state index is -1.32. The molecule has 0 aromatic heterocycles. The summed E-state index contributed by atoms with van der Waals surface area (Å²) in [6.45, 7) is 0. The number of hydrogen-bond donors (Lipinski definition) is 1. The standard InChI is InChI=1S/C25H17BrO2/c26-18-14-15-22-24(16-18)28-23-13-7-6-12-21(23)25(22,27)20-11-5-4-10-19(20)17-8-2-1-3-9-17/h1-16,27H. The van der Waals surface area contributed by atoms with E-state index in [0.717, 1.165) is 32.3 Å². The van der Waals surface area contributed by atoms with Gasteiger partial charge in [-0.3, -0.25) is 0 Å². The van der Waals surface area contributed by atoms with Gasteiger partial charge in [-0.2, -0.15) is 0 Å². The second kappa shape index (κ2) is 6.62. The molecule has 4 aromatic rings. The van der Waals surface area contributed by atoms with E-state index in [-0.39, 0.29) is 0 Å². The first-order valence-electron chi connectivity index (χ1n) is 9.12. The molecule has 0 aliphatic carbocycles. The molecule has 1 aliphatic heterocycles. The smallest absolute Gasteiger partial charge is 0.148 e. The van der Waals surface area contributed by atoms with Crippen LogP contribution in [0.25, 0.3) is 11.1 Å². The number of rotatable bonds is 2. The van der Waals surface area contributed by atoms with Gasteiger partial charge >= 0.3 is 0 Å². The van der Waals surface area contributed by atoms with Crippen LogP contribution in [-0.4, -0.2) is 5.11 Å². The van der Waals surface area contributed by atoms with Crippen molar-refractivity contribution in [2.24, 2.45) is 0 Å². The van der Waals surface area contributed by atoms with E-state index in [1.54, 1.807) is 0 Å². The largest absolute Gasteiger partial charge is 0.456 e. The molecular weight excluding hydrogens is 412 g/mol. The zero-order valence-corrected chi connectivity index (χ0v) is 16.6. The Labute approximate surface area is 172 Å². The number of aliphatic hydroxyl groups is 1. The Balaban J connectivity index is 1.84. The van der Waals surface area contributed by atoms with Gasteiger partial charge in [0, 0.05) is 21.2 Å². The van der Waals surface area contributed by atoms with Crippen molar-refractivity contribution in [1.29, 1.82) is 0 Å². The average Bonchev–Trinajstić information content (AvgIpc) is 2.74. The van der Waals surface area contributed by atoms with Crippen molar-refractivity contribution in [1.82, 2.24) is 0 Å². The van der Waals surface area contributed by atoms with Crippen LogP contribution >= 0.6 is 15.9 Å². The number of benzene rings is 4. The summed E-state index contributed by atoms with van der Waals surface area (Å²) in [6, 6.07) is 31.6. The number of para-hydroxylation sites is 1. The van der Waals surface area contributed by atoms with Crippen LogP contribution in [0.5, 0.6) is 11.5 Å². The molecule has 0 bridgehead atoms. The van der Waals surface area contributed by atoms with Gasteiger partial charge in [0.15, 0.2) is 0 Å². The van der Waals surface area contributed by atoms with Crippen molar-refractivity contribution in [2.75, 3.05) is 0 Å². The maximum Gasteiger partial charge on any atom is 0.148 e. The second-order valence-electron chi connectivity index (χ2n) is 6.86. The van der Waals surface area contributed by atoms with Gasteiger partial charge in [0.2, 0.25) is 0 Å². The highest BCUT2D eigenvalue weighted by Gasteiger charge is 2.43. The highest BCUT2D eigenvalue weighted by atomic mass is 79.9. The lowest BCUT2D eigenvalue weighted by molar-refractivity contribution is 0.113. The van der Waals surface area contributed by atoms with Crippen molar-refractivity contribution in [2.45, 2.75) is 5.60 Å². The minimum absolute atomic E-state index is 0.651. The Hall–Kier alpha value is -2.88. The maximum atomic E-state index is 12.3. The molecule has 1 aliphatic rings. The zero-order chi connectivity index (χ0) is 19.1. The second-order valence-corrected chi connectivity index (χ2v) is 7.78. The van der Waals surface area contributed by atoms with E-state index in [4.69, 9.17) is 4.74 Å². The number of ether oxygens (including phenoxy) is 1. The van der Waals surface area contributed by atoms with Gasteiger partial charge in [0.05, 0.1) is 0 Å². The number of halogens is 1. The monoisotopic (exact) mass is 428 g/mol. The molecule has 28 heavy (non-hydrogen) atoms. The lowest BCUT2D eigenvalue weighted by atomic mass is 9.75. The van der Waals surface area contributed by atoms with Gasteiger partial charge < -0.3 is 9.84 Å². The van der Waals surface area contributed by atoms with E-state index < -0.39 is 5.60 Å². The Morgan fingerprint density at radius 3 is 2.11 bits per heavy atom. The lowest BCUT2D eigenvalue weighted by Crippen LogP contribution is -2.33. The topological polar surface area (TPSA) is 29.5 Å². The van der Waals surface area contributed by atoms with E-state index in [0.29, 0.717) is 11.5 Å². The van der Waals surface area contributed by atoms with Crippen LogP contribution in [0.2, 0.25) is 0 Å². The minimum Gasteiger partial charge on any atom is -0.456 e. The lowest BCUT2D eigenvalue weighted by Gasteiger charge is -2.37. The molecule has 136 valence electrons. The molecule has 0 saturated heterocycles. The predicted octanol–water partition coefficient (Wildman–Crippen LogP) is 6.51. The highest BCUT2D eigenvalue weighted by molar-refractivity contribution is 9.10. The summed E-state index contributed by atoms with van der Waals surface area (Å²) >= 11 is 3.51. The van der Waals surface area contributed by atoms with Crippen molar-refractivity contribution in [3.63, 3.8) is 0 Å². The van der Waals surface area contributed by atoms with E-state index >= 15 is 0 Å². The van der Waals surface area contributed by atoms with Crippen molar-refractivity contribution in [3.8, 4) is 22.6 Å². The van der Waals surface area contributed by atoms with Gasteiger partial charge in [-0.1, -0.05) is 94.8 Å². The Morgan fingerprint density at radius 2 is 1.29 bits per heavy atom. The average molecular weight is 429 g/mol. The Morgan fingerprint density at radius 1 is 0.643 bits per heavy atom. The summed E-state index contributed by atoms with van der Waals surface area (Å²) in [5, 5.41) is 12.3. The van der Waals surface area contributed by atoms with E-state index in [2.05, 4.69) is 34.1 Å². The first-order valence-corrected chi connectivity index (χ1v) is 9.92. The molecule has 5 rings (SSSR count). The van der Waals surface area contributed by atoms with Crippen molar-refractivity contribution < 1.29 is 9.84 Å². The fraction of sp³-hybridized carbons (Fsp3) is 0.0400. The van der Waals surface area contributed by atoms with E-state index in [1.165, 1.54) is 0 Å². The van der Waals surface area contributed by atoms with Crippen molar-refractivity contribution in [3.05, 3.63) is 118 Å². The normalized spacial score (nSPS) is 17.4. The molecule has 1 atom stereocenters. The number of hydrogen-bond acceptors (Lipinski definition) is 2. The van der Waals surface area contributed by atoms with E-state index in [9.17, 15) is 5.11 Å². The fourth-order valence-corrected chi connectivity index (χ4v) is 4.30. The van der Waals surface area contributed by atoms with Gasteiger partial charge in [-0.15, -0.1) is 0 Å². The predicted molar refractivity (Wildman–Crippen MR) is 115 cm³/mol. The van der Waals surface area contributed by atoms with Crippen LogP contribution in [-0.2, 0) is 5.60 Å².